The Labute approximate surface area is 130 Å². The van der Waals surface area contributed by atoms with Crippen molar-refractivity contribution >= 4 is 11.8 Å². The van der Waals surface area contributed by atoms with E-state index in [-0.39, 0.29) is 17.6 Å². The number of piperazine rings is 1. The predicted octanol–water partition coefficient (Wildman–Crippen LogP) is 0.804. The summed E-state index contributed by atoms with van der Waals surface area (Å²) in [6, 6.07) is 5.86. The van der Waals surface area contributed by atoms with Gasteiger partial charge in [0.25, 0.3) is 5.91 Å². The van der Waals surface area contributed by atoms with Gasteiger partial charge in [0.05, 0.1) is 6.04 Å². The average Bonchev–Trinajstić information content (AvgIpc) is 2.54. The molecule has 6 nitrogen and oxygen atoms in total. The SMILES string of the molecule is CCCC(N)C(=O)N1CCN(C(=O)c2cccc(O)c2)CC1. The highest BCUT2D eigenvalue weighted by molar-refractivity contribution is 5.94. The molecular formula is C16H23N3O3. The molecule has 1 heterocycles. The Balaban J connectivity index is 1.92. The summed E-state index contributed by atoms with van der Waals surface area (Å²) in [5.41, 5.74) is 6.32. The molecule has 0 aromatic heterocycles. The molecular weight excluding hydrogens is 282 g/mol. The van der Waals surface area contributed by atoms with Gasteiger partial charge in [0.15, 0.2) is 0 Å². The zero-order valence-electron chi connectivity index (χ0n) is 12.9. The second kappa shape index (κ2) is 7.26. The normalized spacial score (nSPS) is 16.5. The fraction of sp³-hybridized carbons (Fsp3) is 0.500. The maximum absolute atomic E-state index is 12.4. The van der Waals surface area contributed by atoms with E-state index in [0.29, 0.717) is 38.2 Å². The van der Waals surface area contributed by atoms with E-state index in [1.54, 1.807) is 21.9 Å². The van der Waals surface area contributed by atoms with Gasteiger partial charge in [-0.25, -0.2) is 0 Å². The number of hydrogen-bond donors (Lipinski definition) is 2. The smallest absolute Gasteiger partial charge is 0.254 e. The summed E-state index contributed by atoms with van der Waals surface area (Å²) in [6.45, 7) is 3.97. The quantitative estimate of drug-likeness (QED) is 0.861. The average molecular weight is 305 g/mol. The van der Waals surface area contributed by atoms with Crippen molar-refractivity contribution in [1.82, 2.24) is 9.80 Å². The number of rotatable bonds is 4. The van der Waals surface area contributed by atoms with E-state index in [2.05, 4.69) is 0 Å². The van der Waals surface area contributed by atoms with Gasteiger partial charge in [-0.2, -0.15) is 0 Å². The first-order chi connectivity index (χ1) is 10.5. The lowest BCUT2D eigenvalue weighted by Gasteiger charge is -2.36. The Bertz CT molecular complexity index is 539. The fourth-order valence-electron chi connectivity index (χ4n) is 2.62. The molecule has 0 spiro atoms. The van der Waals surface area contributed by atoms with Gasteiger partial charge in [-0.15, -0.1) is 0 Å². The molecule has 1 unspecified atom stereocenters. The van der Waals surface area contributed by atoms with E-state index >= 15 is 0 Å². The van der Waals surface area contributed by atoms with Gasteiger partial charge in [-0.1, -0.05) is 19.4 Å². The van der Waals surface area contributed by atoms with Crippen molar-refractivity contribution < 1.29 is 14.7 Å². The summed E-state index contributed by atoms with van der Waals surface area (Å²) in [6.07, 6.45) is 1.56. The van der Waals surface area contributed by atoms with Crippen molar-refractivity contribution in [2.75, 3.05) is 26.2 Å². The molecule has 120 valence electrons. The van der Waals surface area contributed by atoms with Crippen LogP contribution in [-0.4, -0.2) is 58.9 Å². The third-order valence-corrected chi connectivity index (χ3v) is 3.89. The van der Waals surface area contributed by atoms with Crippen molar-refractivity contribution in [1.29, 1.82) is 0 Å². The molecule has 0 saturated carbocycles. The summed E-state index contributed by atoms with van der Waals surface area (Å²) >= 11 is 0. The van der Waals surface area contributed by atoms with Crippen molar-refractivity contribution in [2.24, 2.45) is 5.73 Å². The zero-order chi connectivity index (χ0) is 16.1. The van der Waals surface area contributed by atoms with E-state index in [9.17, 15) is 14.7 Å². The van der Waals surface area contributed by atoms with Crippen LogP contribution in [0.1, 0.15) is 30.1 Å². The number of hydrogen-bond acceptors (Lipinski definition) is 4. The molecule has 1 aromatic rings. The van der Waals surface area contributed by atoms with E-state index < -0.39 is 6.04 Å². The summed E-state index contributed by atoms with van der Waals surface area (Å²) in [4.78, 5) is 27.9. The third-order valence-electron chi connectivity index (χ3n) is 3.89. The van der Waals surface area contributed by atoms with Crippen LogP contribution < -0.4 is 5.73 Å². The van der Waals surface area contributed by atoms with E-state index in [4.69, 9.17) is 5.73 Å². The summed E-state index contributed by atoms with van der Waals surface area (Å²) in [5, 5.41) is 9.45. The number of nitrogens with two attached hydrogens (primary N) is 1. The predicted molar refractivity (Wildman–Crippen MR) is 83.5 cm³/mol. The van der Waals surface area contributed by atoms with Crippen molar-refractivity contribution in [3.63, 3.8) is 0 Å². The Morgan fingerprint density at radius 3 is 2.45 bits per heavy atom. The molecule has 0 aliphatic carbocycles. The first-order valence-electron chi connectivity index (χ1n) is 7.65. The number of nitrogens with zero attached hydrogens (tertiary/aromatic N) is 2. The van der Waals surface area contributed by atoms with Crippen molar-refractivity contribution in [2.45, 2.75) is 25.8 Å². The van der Waals surface area contributed by atoms with Gasteiger partial charge in [0.2, 0.25) is 5.91 Å². The second-order valence-electron chi connectivity index (χ2n) is 5.56. The van der Waals surface area contributed by atoms with Crippen LogP contribution >= 0.6 is 0 Å². The van der Waals surface area contributed by atoms with Gasteiger partial charge in [0.1, 0.15) is 5.75 Å². The molecule has 2 amide bonds. The maximum Gasteiger partial charge on any atom is 0.254 e. The summed E-state index contributed by atoms with van der Waals surface area (Å²) < 4.78 is 0. The van der Waals surface area contributed by atoms with Gasteiger partial charge in [0, 0.05) is 31.7 Å². The number of carbonyl (C=O) groups excluding carboxylic acids is 2. The third kappa shape index (κ3) is 3.76. The first-order valence-corrected chi connectivity index (χ1v) is 7.65. The minimum atomic E-state index is -0.446. The number of aromatic hydroxyl groups is 1. The van der Waals surface area contributed by atoms with Crippen LogP contribution in [0.5, 0.6) is 5.75 Å². The van der Waals surface area contributed by atoms with Crippen LogP contribution in [0.2, 0.25) is 0 Å². The van der Waals surface area contributed by atoms with E-state index in [1.165, 1.54) is 12.1 Å². The Kier molecular flexibility index (Phi) is 5.38. The van der Waals surface area contributed by atoms with Gasteiger partial charge >= 0.3 is 0 Å². The Morgan fingerprint density at radius 2 is 1.86 bits per heavy atom. The summed E-state index contributed by atoms with van der Waals surface area (Å²) in [7, 11) is 0. The molecule has 22 heavy (non-hydrogen) atoms. The highest BCUT2D eigenvalue weighted by Gasteiger charge is 2.27. The molecule has 1 saturated heterocycles. The van der Waals surface area contributed by atoms with Crippen molar-refractivity contribution in [3.8, 4) is 5.75 Å². The number of phenols is 1. The van der Waals surface area contributed by atoms with Crippen LogP contribution in [-0.2, 0) is 4.79 Å². The molecule has 3 N–H and O–H groups in total. The molecule has 1 aliphatic rings. The number of carbonyl (C=O) groups is 2. The minimum Gasteiger partial charge on any atom is -0.508 e. The van der Waals surface area contributed by atoms with Gasteiger partial charge in [-0.3, -0.25) is 9.59 Å². The lowest BCUT2D eigenvalue weighted by atomic mass is 10.1. The highest BCUT2D eigenvalue weighted by atomic mass is 16.3. The number of amides is 2. The van der Waals surface area contributed by atoms with Gasteiger partial charge < -0.3 is 20.6 Å². The molecule has 6 heteroatoms. The Morgan fingerprint density at radius 1 is 1.23 bits per heavy atom. The highest BCUT2D eigenvalue weighted by Crippen LogP contribution is 2.15. The van der Waals surface area contributed by atoms with Crippen molar-refractivity contribution in [3.05, 3.63) is 29.8 Å². The molecule has 1 fully saturated rings. The lowest BCUT2D eigenvalue weighted by Crippen LogP contribution is -2.54. The number of phenolic OH excluding ortho intramolecular Hbond substituents is 1. The molecule has 1 atom stereocenters. The Hall–Kier alpha value is -2.08. The molecule has 0 radical (unpaired) electrons. The lowest BCUT2D eigenvalue weighted by molar-refractivity contribution is -0.134. The summed E-state index contributed by atoms with van der Waals surface area (Å²) in [5.74, 6) is -0.0858. The van der Waals surface area contributed by atoms with Crippen LogP contribution in [0.4, 0.5) is 0 Å². The van der Waals surface area contributed by atoms with E-state index in [0.717, 1.165) is 6.42 Å². The first kappa shape index (κ1) is 16.3. The topological polar surface area (TPSA) is 86.9 Å². The minimum absolute atomic E-state index is 0.0358. The second-order valence-corrected chi connectivity index (χ2v) is 5.56. The molecule has 1 aromatic carbocycles. The fourth-order valence-corrected chi connectivity index (χ4v) is 2.62. The van der Waals surface area contributed by atoms with Crippen LogP contribution in [0.3, 0.4) is 0 Å². The van der Waals surface area contributed by atoms with Crippen LogP contribution in [0.25, 0.3) is 0 Å². The van der Waals surface area contributed by atoms with Crippen LogP contribution in [0, 0.1) is 0 Å². The zero-order valence-corrected chi connectivity index (χ0v) is 12.9. The van der Waals surface area contributed by atoms with Gasteiger partial charge in [-0.05, 0) is 24.6 Å². The standard InChI is InChI=1S/C16H23N3O3/c1-2-4-14(17)16(22)19-9-7-18(8-10-19)15(21)12-5-3-6-13(20)11-12/h3,5-6,11,14,20H,2,4,7-10,17H2,1H3. The molecule has 1 aliphatic heterocycles. The van der Waals surface area contributed by atoms with E-state index in [1.807, 2.05) is 6.92 Å². The number of benzene rings is 1. The van der Waals surface area contributed by atoms with Crippen LogP contribution in [0.15, 0.2) is 24.3 Å². The monoisotopic (exact) mass is 305 g/mol. The molecule has 2 rings (SSSR count). The largest absolute Gasteiger partial charge is 0.508 e. The molecule has 0 bridgehead atoms. The maximum atomic E-state index is 12.4.